The van der Waals surface area contributed by atoms with Crippen LogP contribution in [0.15, 0.2) is 16.6 Å². The Hall–Kier alpha value is -1.17. The molecule has 0 aliphatic heterocycles. The van der Waals surface area contributed by atoms with Gasteiger partial charge in [-0.15, -0.1) is 0 Å². The van der Waals surface area contributed by atoms with E-state index >= 15 is 0 Å². The van der Waals surface area contributed by atoms with Crippen molar-refractivity contribution in [2.45, 2.75) is 0 Å². The van der Waals surface area contributed by atoms with Crippen molar-refractivity contribution in [3.8, 4) is 5.75 Å². The van der Waals surface area contributed by atoms with Crippen molar-refractivity contribution in [1.82, 2.24) is 0 Å². The van der Waals surface area contributed by atoms with E-state index in [4.69, 9.17) is 4.74 Å². The van der Waals surface area contributed by atoms with Gasteiger partial charge in [-0.2, -0.15) is 0 Å². The minimum Gasteiger partial charge on any atom is -0.489 e. The molecule has 0 unspecified atom stereocenters. The predicted octanol–water partition coefficient (Wildman–Crippen LogP) is 2.51. The van der Waals surface area contributed by atoms with E-state index in [9.17, 15) is 14.5 Å². The van der Waals surface area contributed by atoms with Crippen molar-refractivity contribution >= 4 is 21.6 Å². The maximum atomic E-state index is 12.7. The third-order valence-corrected chi connectivity index (χ3v) is 1.98. The molecule has 0 aromatic heterocycles. The van der Waals surface area contributed by atoms with E-state index < -0.39 is 16.4 Å². The molecule has 6 heteroatoms. The largest absolute Gasteiger partial charge is 0.489 e. The van der Waals surface area contributed by atoms with Gasteiger partial charge in [-0.05, 0) is 22.0 Å². The lowest BCUT2D eigenvalue weighted by Gasteiger charge is -2.03. The summed E-state index contributed by atoms with van der Waals surface area (Å²) < 4.78 is 17.7. The molecule has 13 heavy (non-hydrogen) atoms. The molecule has 0 atom stereocenters. The predicted molar refractivity (Wildman–Crippen MR) is 47.3 cm³/mol. The number of nitro groups is 1. The van der Waals surface area contributed by atoms with Gasteiger partial charge in [0, 0.05) is 0 Å². The van der Waals surface area contributed by atoms with Crippen molar-refractivity contribution < 1.29 is 14.1 Å². The highest BCUT2D eigenvalue weighted by molar-refractivity contribution is 9.10. The lowest BCUT2D eigenvalue weighted by Crippen LogP contribution is -1.95. The van der Waals surface area contributed by atoms with Gasteiger partial charge >= 0.3 is 5.69 Å². The summed E-state index contributed by atoms with van der Waals surface area (Å²) in [5.74, 6) is -0.661. The standard InChI is InChI=1S/C7H5BrFNO3/c1-13-7-5(8)2-4(9)3-6(7)10(11)12/h2-3H,1H3. The smallest absolute Gasteiger partial charge is 0.315 e. The average molecular weight is 250 g/mol. The third-order valence-electron chi connectivity index (χ3n) is 1.39. The highest BCUT2D eigenvalue weighted by Gasteiger charge is 2.19. The molecule has 0 saturated heterocycles. The Morgan fingerprint density at radius 3 is 2.69 bits per heavy atom. The van der Waals surface area contributed by atoms with E-state index in [2.05, 4.69) is 15.9 Å². The Labute approximate surface area is 81.6 Å². The normalized spacial score (nSPS) is 9.77. The average Bonchev–Trinajstić information content (AvgIpc) is 2.02. The van der Waals surface area contributed by atoms with Gasteiger partial charge in [-0.25, -0.2) is 4.39 Å². The fraction of sp³-hybridized carbons (Fsp3) is 0.143. The molecule has 0 spiro atoms. The van der Waals surface area contributed by atoms with Crippen molar-refractivity contribution in [3.05, 3.63) is 32.5 Å². The molecule has 0 saturated carbocycles. The Bertz CT molecular complexity index is 356. The number of benzene rings is 1. The lowest BCUT2D eigenvalue weighted by molar-refractivity contribution is -0.386. The van der Waals surface area contributed by atoms with Gasteiger partial charge in [0.2, 0.25) is 5.75 Å². The topological polar surface area (TPSA) is 52.4 Å². The van der Waals surface area contributed by atoms with Crippen LogP contribution in [0.3, 0.4) is 0 Å². The van der Waals surface area contributed by atoms with Crippen molar-refractivity contribution in [2.75, 3.05) is 7.11 Å². The second kappa shape index (κ2) is 3.69. The van der Waals surface area contributed by atoms with Crippen molar-refractivity contribution in [1.29, 1.82) is 0 Å². The van der Waals surface area contributed by atoms with E-state index in [-0.39, 0.29) is 10.2 Å². The minimum atomic E-state index is -0.702. The van der Waals surface area contributed by atoms with E-state index in [1.165, 1.54) is 7.11 Å². The monoisotopic (exact) mass is 249 g/mol. The van der Waals surface area contributed by atoms with Gasteiger partial charge in [0.05, 0.1) is 22.6 Å². The minimum absolute atomic E-state index is 0.0198. The van der Waals surface area contributed by atoms with Crippen LogP contribution in [0.2, 0.25) is 0 Å². The van der Waals surface area contributed by atoms with Crippen molar-refractivity contribution in [3.63, 3.8) is 0 Å². The van der Waals surface area contributed by atoms with Gasteiger partial charge in [-0.1, -0.05) is 0 Å². The number of hydrogen-bond acceptors (Lipinski definition) is 3. The second-order valence-corrected chi connectivity index (χ2v) is 3.05. The fourth-order valence-electron chi connectivity index (χ4n) is 0.884. The molecule has 70 valence electrons. The number of rotatable bonds is 2. The van der Waals surface area contributed by atoms with Crippen LogP contribution in [0.25, 0.3) is 0 Å². The SMILES string of the molecule is COc1c(Br)cc(F)cc1[N+](=O)[O-]. The highest BCUT2D eigenvalue weighted by Crippen LogP contribution is 2.35. The van der Waals surface area contributed by atoms with Gasteiger partial charge in [0.15, 0.2) is 0 Å². The third kappa shape index (κ3) is 1.95. The van der Waals surface area contributed by atoms with E-state index in [0.29, 0.717) is 0 Å². The maximum absolute atomic E-state index is 12.7. The molecule has 0 aliphatic carbocycles. The Morgan fingerprint density at radius 2 is 2.23 bits per heavy atom. The number of nitro benzene ring substituents is 1. The van der Waals surface area contributed by atoms with Crippen LogP contribution < -0.4 is 4.74 Å². The van der Waals surface area contributed by atoms with E-state index in [0.717, 1.165) is 12.1 Å². The number of hydrogen-bond donors (Lipinski definition) is 0. The first kappa shape index (κ1) is 9.91. The molecular formula is C7H5BrFNO3. The van der Waals surface area contributed by atoms with E-state index in [1.807, 2.05) is 0 Å². The van der Waals surface area contributed by atoms with Gasteiger partial charge in [0.1, 0.15) is 5.82 Å². The number of nitrogens with zero attached hydrogens (tertiary/aromatic N) is 1. The molecule has 0 aliphatic rings. The molecule has 0 fully saturated rings. The zero-order valence-electron chi connectivity index (χ0n) is 6.58. The zero-order chi connectivity index (χ0) is 10.0. The lowest BCUT2D eigenvalue weighted by atomic mass is 10.3. The summed E-state index contributed by atoms with van der Waals surface area (Å²) in [7, 11) is 1.28. The molecule has 1 aromatic rings. The highest BCUT2D eigenvalue weighted by atomic mass is 79.9. The molecule has 4 nitrogen and oxygen atoms in total. The number of halogens is 2. The van der Waals surface area contributed by atoms with Gasteiger partial charge < -0.3 is 4.74 Å². The Morgan fingerprint density at radius 1 is 1.62 bits per heavy atom. The van der Waals surface area contributed by atoms with Crippen LogP contribution in [0.5, 0.6) is 5.75 Å². The summed E-state index contributed by atoms with van der Waals surface area (Å²) in [6.45, 7) is 0. The van der Waals surface area contributed by atoms with Crippen LogP contribution in [0.4, 0.5) is 10.1 Å². The zero-order valence-corrected chi connectivity index (χ0v) is 8.17. The summed E-state index contributed by atoms with van der Waals surface area (Å²) in [6.07, 6.45) is 0. The quantitative estimate of drug-likeness (QED) is 0.598. The molecule has 1 rings (SSSR count). The van der Waals surface area contributed by atoms with Crippen LogP contribution in [0.1, 0.15) is 0 Å². The summed E-state index contributed by atoms with van der Waals surface area (Å²) >= 11 is 2.96. The van der Waals surface area contributed by atoms with Crippen LogP contribution in [-0.4, -0.2) is 12.0 Å². The summed E-state index contributed by atoms with van der Waals surface area (Å²) in [4.78, 5) is 9.72. The van der Waals surface area contributed by atoms with Crippen LogP contribution in [0, 0.1) is 15.9 Å². The number of methoxy groups -OCH3 is 1. The first-order valence-corrected chi connectivity index (χ1v) is 4.03. The van der Waals surface area contributed by atoms with Crippen LogP contribution in [-0.2, 0) is 0 Å². The maximum Gasteiger partial charge on any atom is 0.315 e. The van der Waals surface area contributed by atoms with Gasteiger partial charge in [0.25, 0.3) is 0 Å². The van der Waals surface area contributed by atoms with Crippen LogP contribution >= 0.6 is 15.9 Å². The summed E-state index contributed by atoms with van der Waals surface area (Å²) in [6, 6.07) is 1.91. The first-order chi connectivity index (χ1) is 6.06. The Balaban J connectivity index is 3.38. The molecule has 0 heterocycles. The summed E-state index contributed by atoms with van der Waals surface area (Å²) in [5.41, 5.74) is -0.394. The molecule has 0 amide bonds. The molecular weight excluding hydrogens is 245 g/mol. The molecule has 0 bridgehead atoms. The molecule has 0 N–H and O–H groups in total. The van der Waals surface area contributed by atoms with Gasteiger partial charge in [-0.3, -0.25) is 10.1 Å². The Kier molecular flexibility index (Phi) is 2.82. The molecule has 0 radical (unpaired) electrons. The number of ether oxygens (including phenoxy) is 1. The summed E-state index contributed by atoms with van der Waals surface area (Å²) in [5, 5.41) is 10.4. The van der Waals surface area contributed by atoms with E-state index in [1.54, 1.807) is 0 Å². The first-order valence-electron chi connectivity index (χ1n) is 3.23. The second-order valence-electron chi connectivity index (χ2n) is 2.20. The molecule has 1 aromatic carbocycles. The fourth-order valence-corrected chi connectivity index (χ4v) is 1.47. The van der Waals surface area contributed by atoms with Crippen molar-refractivity contribution in [2.24, 2.45) is 0 Å².